The third kappa shape index (κ3) is 3.13. The molecule has 0 spiro atoms. The van der Waals surface area contributed by atoms with Crippen molar-refractivity contribution in [3.63, 3.8) is 0 Å². The highest BCUT2D eigenvalue weighted by atomic mass is 32.2. The minimum absolute atomic E-state index is 0.269. The number of anilines is 1. The molecule has 1 aliphatic carbocycles. The second-order valence-corrected chi connectivity index (χ2v) is 8.00. The first-order valence-corrected chi connectivity index (χ1v) is 9.51. The molecule has 5 nitrogen and oxygen atoms in total. The van der Waals surface area contributed by atoms with Gasteiger partial charge in [-0.3, -0.25) is 9.40 Å². The van der Waals surface area contributed by atoms with Crippen molar-refractivity contribution in [1.82, 2.24) is 9.78 Å². The van der Waals surface area contributed by atoms with Crippen molar-refractivity contribution in [2.24, 2.45) is 0 Å². The van der Waals surface area contributed by atoms with E-state index in [0.29, 0.717) is 17.4 Å². The summed E-state index contributed by atoms with van der Waals surface area (Å²) in [6.45, 7) is 5.64. The highest BCUT2D eigenvalue weighted by Gasteiger charge is 2.25. The zero-order valence-corrected chi connectivity index (χ0v) is 14.7. The summed E-state index contributed by atoms with van der Waals surface area (Å²) in [6, 6.07) is 5.95. The minimum atomic E-state index is -3.63. The van der Waals surface area contributed by atoms with E-state index in [1.807, 2.05) is 30.7 Å². The van der Waals surface area contributed by atoms with Crippen molar-refractivity contribution in [2.45, 2.75) is 57.4 Å². The smallest absolute Gasteiger partial charge is 0.265 e. The number of aromatic nitrogens is 2. The van der Waals surface area contributed by atoms with Gasteiger partial charge in [-0.25, -0.2) is 8.42 Å². The number of benzene rings is 1. The summed E-state index contributed by atoms with van der Waals surface area (Å²) in [6.07, 6.45) is 6.20. The Kier molecular flexibility index (Phi) is 4.19. The fraction of sp³-hybridized carbons (Fsp3) is 0.471. The Labute approximate surface area is 137 Å². The van der Waals surface area contributed by atoms with Crippen molar-refractivity contribution >= 4 is 15.7 Å². The van der Waals surface area contributed by atoms with E-state index < -0.39 is 10.0 Å². The molecular weight excluding hydrogens is 310 g/mol. The maximum Gasteiger partial charge on any atom is 0.265 e. The van der Waals surface area contributed by atoms with Crippen LogP contribution in [-0.2, 0) is 10.0 Å². The van der Waals surface area contributed by atoms with Crippen molar-refractivity contribution in [3.05, 3.63) is 41.2 Å². The van der Waals surface area contributed by atoms with E-state index in [4.69, 9.17) is 0 Å². The van der Waals surface area contributed by atoms with E-state index in [9.17, 15) is 8.42 Å². The SMILES string of the molecule is Cc1cccc(NS(=O)(=O)c2cn(C3CCCC3)nc2C)c1C. The van der Waals surface area contributed by atoms with Crippen LogP contribution < -0.4 is 4.72 Å². The first-order valence-electron chi connectivity index (χ1n) is 8.03. The molecular formula is C17H23N3O2S. The number of nitrogens with one attached hydrogen (secondary N) is 1. The average Bonchev–Trinajstić information content (AvgIpc) is 3.13. The number of hydrogen-bond acceptors (Lipinski definition) is 3. The van der Waals surface area contributed by atoms with Crippen molar-refractivity contribution in [1.29, 1.82) is 0 Å². The number of nitrogens with zero attached hydrogens (tertiary/aromatic N) is 2. The summed E-state index contributed by atoms with van der Waals surface area (Å²) < 4.78 is 30.0. The second kappa shape index (κ2) is 6.00. The molecule has 1 aromatic carbocycles. The first-order chi connectivity index (χ1) is 10.9. The molecule has 1 N–H and O–H groups in total. The van der Waals surface area contributed by atoms with Gasteiger partial charge in [0, 0.05) is 6.20 Å². The standard InChI is InChI=1S/C17H23N3O2S/c1-12-7-6-10-16(13(12)2)19-23(21,22)17-11-20(18-14(17)3)15-8-4-5-9-15/h6-7,10-11,15,19H,4-5,8-9H2,1-3H3. The molecule has 23 heavy (non-hydrogen) atoms. The third-order valence-corrected chi connectivity index (χ3v) is 6.18. The van der Waals surface area contributed by atoms with Crippen LogP contribution in [-0.4, -0.2) is 18.2 Å². The Morgan fingerprint density at radius 2 is 1.87 bits per heavy atom. The summed E-state index contributed by atoms with van der Waals surface area (Å²) in [5.74, 6) is 0. The van der Waals surface area contributed by atoms with Crippen molar-refractivity contribution < 1.29 is 8.42 Å². The van der Waals surface area contributed by atoms with Crippen LogP contribution in [0.1, 0.15) is 48.5 Å². The predicted molar refractivity (Wildman–Crippen MR) is 91.2 cm³/mol. The van der Waals surface area contributed by atoms with Gasteiger partial charge in [0.25, 0.3) is 10.0 Å². The lowest BCUT2D eigenvalue weighted by atomic mass is 10.1. The average molecular weight is 333 g/mol. The molecule has 0 unspecified atom stereocenters. The van der Waals surface area contributed by atoms with E-state index in [1.165, 1.54) is 12.8 Å². The van der Waals surface area contributed by atoms with Crippen LogP contribution in [0.5, 0.6) is 0 Å². The Morgan fingerprint density at radius 1 is 1.17 bits per heavy atom. The first kappa shape index (κ1) is 16.1. The largest absolute Gasteiger partial charge is 0.279 e. The van der Waals surface area contributed by atoms with Gasteiger partial charge in [0.05, 0.1) is 17.4 Å². The number of hydrogen-bond donors (Lipinski definition) is 1. The summed E-state index contributed by atoms with van der Waals surface area (Å²) >= 11 is 0. The van der Waals surface area contributed by atoms with Crippen LogP contribution in [0.4, 0.5) is 5.69 Å². The lowest BCUT2D eigenvalue weighted by Crippen LogP contribution is -2.14. The van der Waals surface area contributed by atoms with Gasteiger partial charge >= 0.3 is 0 Å². The molecule has 1 fully saturated rings. The van der Waals surface area contributed by atoms with Crippen molar-refractivity contribution in [2.75, 3.05) is 4.72 Å². The van der Waals surface area contributed by atoms with Gasteiger partial charge in [-0.05, 0) is 50.8 Å². The Morgan fingerprint density at radius 3 is 2.57 bits per heavy atom. The summed E-state index contributed by atoms with van der Waals surface area (Å²) in [5.41, 5.74) is 3.17. The second-order valence-electron chi connectivity index (χ2n) is 6.35. The maximum absolute atomic E-state index is 12.7. The minimum Gasteiger partial charge on any atom is -0.279 e. The van der Waals surface area contributed by atoms with Crippen LogP contribution in [0.2, 0.25) is 0 Å². The lowest BCUT2D eigenvalue weighted by Gasteiger charge is -2.11. The Hall–Kier alpha value is -1.82. The zero-order chi connectivity index (χ0) is 16.6. The van der Waals surface area contributed by atoms with Crippen molar-refractivity contribution in [3.8, 4) is 0 Å². The van der Waals surface area contributed by atoms with Gasteiger partial charge in [0.2, 0.25) is 0 Å². The van der Waals surface area contributed by atoms with E-state index >= 15 is 0 Å². The molecule has 0 aliphatic heterocycles. The maximum atomic E-state index is 12.7. The number of aryl methyl sites for hydroxylation is 2. The fourth-order valence-corrected chi connectivity index (χ4v) is 4.44. The lowest BCUT2D eigenvalue weighted by molar-refractivity contribution is 0.464. The topological polar surface area (TPSA) is 64.0 Å². The van der Waals surface area contributed by atoms with Crippen LogP contribution in [0.15, 0.2) is 29.3 Å². The monoisotopic (exact) mass is 333 g/mol. The van der Waals surface area contributed by atoms with Gasteiger partial charge in [-0.2, -0.15) is 5.10 Å². The van der Waals surface area contributed by atoms with Crippen LogP contribution >= 0.6 is 0 Å². The molecule has 0 atom stereocenters. The zero-order valence-electron chi connectivity index (χ0n) is 13.8. The van der Waals surface area contributed by atoms with E-state index in [2.05, 4.69) is 9.82 Å². The van der Waals surface area contributed by atoms with E-state index in [0.717, 1.165) is 24.0 Å². The molecule has 1 aliphatic rings. The van der Waals surface area contributed by atoms with Gasteiger partial charge in [0.1, 0.15) is 4.90 Å². The van der Waals surface area contributed by atoms with E-state index in [-0.39, 0.29) is 4.90 Å². The molecule has 6 heteroatoms. The summed E-state index contributed by atoms with van der Waals surface area (Å²) in [4.78, 5) is 0.269. The van der Waals surface area contributed by atoms with Gasteiger partial charge < -0.3 is 0 Å². The molecule has 3 rings (SSSR count). The summed E-state index contributed by atoms with van der Waals surface area (Å²) in [7, 11) is -3.63. The predicted octanol–water partition coefficient (Wildman–Crippen LogP) is 3.72. The molecule has 1 saturated carbocycles. The van der Waals surface area contributed by atoms with E-state index in [1.54, 1.807) is 19.2 Å². The normalized spacial score (nSPS) is 16.0. The fourth-order valence-electron chi connectivity index (χ4n) is 3.15. The molecule has 1 aromatic heterocycles. The summed E-state index contributed by atoms with van der Waals surface area (Å²) in [5, 5.41) is 4.44. The molecule has 0 amide bonds. The van der Waals surface area contributed by atoms with Crippen LogP contribution in [0, 0.1) is 20.8 Å². The highest BCUT2D eigenvalue weighted by Crippen LogP contribution is 2.31. The van der Waals surface area contributed by atoms with Gasteiger partial charge in [-0.15, -0.1) is 0 Å². The molecule has 124 valence electrons. The number of sulfonamides is 1. The molecule has 0 saturated heterocycles. The quantitative estimate of drug-likeness (QED) is 0.927. The molecule has 1 heterocycles. The third-order valence-electron chi connectivity index (χ3n) is 4.71. The molecule has 0 radical (unpaired) electrons. The van der Waals surface area contributed by atoms with Crippen LogP contribution in [0.3, 0.4) is 0 Å². The molecule has 0 bridgehead atoms. The Balaban J connectivity index is 1.92. The van der Waals surface area contributed by atoms with Crippen LogP contribution in [0.25, 0.3) is 0 Å². The van der Waals surface area contributed by atoms with Gasteiger partial charge in [0.15, 0.2) is 0 Å². The Bertz CT molecular complexity index is 818. The molecule has 2 aromatic rings. The highest BCUT2D eigenvalue weighted by molar-refractivity contribution is 7.92. The van der Waals surface area contributed by atoms with Gasteiger partial charge in [-0.1, -0.05) is 25.0 Å². The number of rotatable bonds is 4.